The number of rotatable bonds is 2. The van der Waals surface area contributed by atoms with Gasteiger partial charge in [0.2, 0.25) is 5.91 Å². The number of para-hydroxylation sites is 1. The number of hydrogen-bond donors (Lipinski definition) is 2. The molecule has 0 aromatic heterocycles. The second-order valence-electron chi connectivity index (χ2n) is 2.36. The van der Waals surface area contributed by atoms with Gasteiger partial charge in [0.1, 0.15) is 0 Å². The molecule has 12 heavy (non-hydrogen) atoms. The molecule has 0 aliphatic carbocycles. The molecule has 0 heterocycles. The second kappa shape index (κ2) is 3.57. The van der Waals surface area contributed by atoms with Gasteiger partial charge in [0, 0.05) is 11.8 Å². The molecule has 3 nitrogen and oxygen atoms in total. The zero-order valence-corrected chi connectivity index (χ0v) is 6.53. The zero-order chi connectivity index (χ0) is 8.97. The normalized spacial score (nSPS) is 10.3. The van der Waals surface area contributed by atoms with Crippen LogP contribution in [0.15, 0.2) is 30.3 Å². The van der Waals surface area contributed by atoms with Gasteiger partial charge in [-0.1, -0.05) is 18.2 Å². The monoisotopic (exact) mass is 162 g/mol. The van der Waals surface area contributed by atoms with Crippen molar-refractivity contribution in [1.29, 1.82) is 0 Å². The summed E-state index contributed by atoms with van der Waals surface area (Å²) in [6, 6.07) is 7.25. The molecule has 62 valence electrons. The van der Waals surface area contributed by atoms with Crippen LogP contribution in [0.25, 0.3) is 6.08 Å². The molecule has 0 unspecified atom stereocenters. The lowest BCUT2D eigenvalue weighted by Crippen LogP contribution is -2.05. The molecule has 4 N–H and O–H groups in total. The van der Waals surface area contributed by atoms with Gasteiger partial charge in [-0.2, -0.15) is 0 Å². The summed E-state index contributed by atoms with van der Waals surface area (Å²) in [6.45, 7) is 0. The molecule has 0 saturated heterocycles. The molecule has 1 aromatic rings. The van der Waals surface area contributed by atoms with Crippen molar-refractivity contribution < 1.29 is 4.79 Å². The first-order valence-electron chi connectivity index (χ1n) is 3.52. The predicted molar refractivity (Wildman–Crippen MR) is 49.1 cm³/mol. The summed E-state index contributed by atoms with van der Waals surface area (Å²) in [5.74, 6) is -0.474. The van der Waals surface area contributed by atoms with Gasteiger partial charge in [-0.3, -0.25) is 4.79 Å². The van der Waals surface area contributed by atoms with E-state index in [0.29, 0.717) is 5.69 Å². The Morgan fingerprint density at radius 2 is 2.00 bits per heavy atom. The van der Waals surface area contributed by atoms with Crippen molar-refractivity contribution in [1.82, 2.24) is 0 Å². The lowest BCUT2D eigenvalue weighted by atomic mass is 10.2. The molecular weight excluding hydrogens is 152 g/mol. The Balaban J connectivity index is 2.89. The van der Waals surface area contributed by atoms with Crippen LogP contribution in [0.5, 0.6) is 0 Å². The lowest BCUT2D eigenvalue weighted by molar-refractivity contribution is -0.113. The van der Waals surface area contributed by atoms with Gasteiger partial charge >= 0.3 is 0 Å². The number of hydrogen-bond acceptors (Lipinski definition) is 2. The van der Waals surface area contributed by atoms with Crippen LogP contribution in [0.2, 0.25) is 0 Å². The second-order valence-corrected chi connectivity index (χ2v) is 2.36. The number of nitrogen functional groups attached to an aromatic ring is 1. The van der Waals surface area contributed by atoms with Crippen molar-refractivity contribution in [3.05, 3.63) is 35.9 Å². The molecule has 0 aliphatic heterocycles. The number of benzene rings is 1. The van der Waals surface area contributed by atoms with E-state index in [2.05, 4.69) is 0 Å². The summed E-state index contributed by atoms with van der Waals surface area (Å²) in [5.41, 5.74) is 12.0. The average Bonchev–Trinajstić information content (AvgIpc) is 2.03. The first-order chi connectivity index (χ1) is 5.70. The highest BCUT2D eigenvalue weighted by molar-refractivity contribution is 5.91. The molecule has 1 rings (SSSR count). The number of carbonyl (C=O) groups is 1. The molecular formula is C9H10N2O. The Bertz CT molecular complexity index is 318. The standard InChI is InChI=1S/C9H10N2O/c10-8-4-2-1-3-7(8)5-6-9(11)12/h1-6H,10H2,(H2,11,12). The van der Waals surface area contributed by atoms with Crippen LogP contribution >= 0.6 is 0 Å². The highest BCUT2D eigenvalue weighted by Crippen LogP contribution is 2.11. The summed E-state index contributed by atoms with van der Waals surface area (Å²) >= 11 is 0. The van der Waals surface area contributed by atoms with Crippen LogP contribution in [0.3, 0.4) is 0 Å². The largest absolute Gasteiger partial charge is 0.398 e. The SMILES string of the molecule is NC(=O)C=Cc1ccccc1N. The fourth-order valence-corrected chi connectivity index (χ4v) is 0.835. The third-order valence-corrected chi connectivity index (χ3v) is 1.42. The highest BCUT2D eigenvalue weighted by Gasteiger charge is 1.91. The first-order valence-corrected chi connectivity index (χ1v) is 3.52. The van der Waals surface area contributed by atoms with E-state index in [0.717, 1.165) is 5.56 Å². The fraction of sp³-hybridized carbons (Fsp3) is 0. The topological polar surface area (TPSA) is 69.1 Å². The third-order valence-electron chi connectivity index (χ3n) is 1.42. The molecule has 0 saturated carbocycles. The van der Waals surface area contributed by atoms with E-state index >= 15 is 0 Å². The minimum absolute atomic E-state index is 0.474. The predicted octanol–water partition coefficient (Wildman–Crippen LogP) is 0.767. The Kier molecular flexibility index (Phi) is 2.48. The fourth-order valence-electron chi connectivity index (χ4n) is 0.835. The third kappa shape index (κ3) is 2.12. The van der Waals surface area contributed by atoms with Crippen molar-refractivity contribution in [2.45, 2.75) is 0 Å². The van der Waals surface area contributed by atoms with Crippen LogP contribution in [0, 0.1) is 0 Å². The van der Waals surface area contributed by atoms with E-state index in [9.17, 15) is 4.79 Å². The molecule has 0 spiro atoms. The molecule has 3 heteroatoms. The van der Waals surface area contributed by atoms with Crippen LogP contribution in [-0.2, 0) is 4.79 Å². The van der Waals surface area contributed by atoms with E-state index in [1.807, 2.05) is 18.2 Å². The van der Waals surface area contributed by atoms with Gasteiger partial charge in [0.05, 0.1) is 0 Å². The van der Waals surface area contributed by atoms with Gasteiger partial charge in [-0.25, -0.2) is 0 Å². The van der Waals surface area contributed by atoms with E-state index in [1.54, 1.807) is 12.1 Å². The van der Waals surface area contributed by atoms with Gasteiger partial charge in [0.15, 0.2) is 0 Å². The summed E-state index contributed by atoms with van der Waals surface area (Å²) in [7, 11) is 0. The number of carbonyl (C=O) groups excluding carboxylic acids is 1. The van der Waals surface area contributed by atoms with E-state index in [4.69, 9.17) is 11.5 Å². The lowest BCUT2D eigenvalue weighted by Gasteiger charge is -1.96. The van der Waals surface area contributed by atoms with Crippen molar-refractivity contribution >= 4 is 17.7 Å². The Morgan fingerprint density at radius 3 is 2.58 bits per heavy atom. The zero-order valence-electron chi connectivity index (χ0n) is 6.53. The molecule has 0 bridgehead atoms. The summed E-state index contributed by atoms with van der Waals surface area (Å²) in [5, 5.41) is 0. The first kappa shape index (κ1) is 8.33. The molecule has 0 atom stereocenters. The number of amides is 1. The van der Waals surface area contributed by atoms with Crippen LogP contribution in [0.1, 0.15) is 5.56 Å². The minimum Gasteiger partial charge on any atom is -0.398 e. The van der Waals surface area contributed by atoms with Crippen molar-refractivity contribution in [2.75, 3.05) is 5.73 Å². The van der Waals surface area contributed by atoms with Gasteiger partial charge in [0.25, 0.3) is 0 Å². The quantitative estimate of drug-likeness (QED) is 0.498. The summed E-state index contributed by atoms with van der Waals surface area (Å²) in [4.78, 5) is 10.4. The molecule has 1 amide bonds. The minimum atomic E-state index is -0.474. The van der Waals surface area contributed by atoms with E-state index in [-0.39, 0.29) is 0 Å². The smallest absolute Gasteiger partial charge is 0.241 e. The summed E-state index contributed by atoms with van der Waals surface area (Å²) < 4.78 is 0. The van der Waals surface area contributed by atoms with Crippen LogP contribution in [0.4, 0.5) is 5.69 Å². The van der Waals surface area contributed by atoms with Crippen LogP contribution in [-0.4, -0.2) is 5.91 Å². The maximum atomic E-state index is 10.4. The van der Waals surface area contributed by atoms with Gasteiger partial charge in [-0.05, 0) is 17.7 Å². The average molecular weight is 162 g/mol. The number of nitrogens with two attached hydrogens (primary N) is 2. The van der Waals surface area contributed by atoms with E-state index in [1.165, 1.54) is 6.08 Å². The maximum absolute atomic E-state index is 10.4. The maximum Gasteiger partial charge on any atom is 0.241 e. The highest BCUT2D eigenvalue weighted by atomic mass is 16.1. The van der Waals surface area contributed by atoms with Crippen molar-refractivity contribution in [3.8, 4) is 0 Å². The van der Waals surface area contributed by atoms with Gasteiger partial charge < -0.3 is 11.5 Å². The Labute approximate surface area is 70.7 Å². The van der Waals surface area contributed by atoms with Crippen LogP contribution < -0.4 is 11.5 Å². The molecule has 0 radical (unpaired) electrons. The Morgan fingerprint density at radius 1 is 1.33 bits per heavy atom. The van der Waals surface area contributed by atoms with Crippen molar-refractivity contribution in [3.63, 3.8) is 0 Å². The Hall–Kier alpha value is -1.77. The van der Waals surface area contributed by atoms with Gasteiger partial charge in [-0.15, -0.1) is 0 Å². The summed E-state index contributed by atoms with van der Waals surface area (Å²) in [6.07, 6.45) is 2.88. The molecule has 1 aromatic carbocycles. The van der Waals surface area contributed by atoms with Crippen molar-refractivity contribution in [2.24, 2.45) is 5.73 Å². The number of anilines is 1. The number of primary amides is 1. The molecule has 0 aliphatic rings. The molecule has 0 fully saturated rings. The van der Waals surface area contributed by atoms with E-state index < -0.39 is 5.91 Å².